The van der Waals surface area contributed by atoms with E-state index in [1.165, 1.54) is 4.88 Å². The molecule has 0 aromatic carbocycles. The molecule has 4 heteroatoms. The summed E-state index contributed by atoms with van der Waals surface area (Å²) in [6.45, 7) is 5.45. The molecule has 0 spiro atoms. The number of halogens is 1. The summed E-state index contributed by atoms with van der Waals surface area (Å²) < 4.78 is 6.13. The highest BCUT2D eigenvalue weighted by Crippen LogP contribution is 2.45. The molecule has 0 amide bonds. The van der Waals surface area contributed by atoms with Gasteiger partial charge >= 0.3 is 0 Å². The molecule has 1 saturated heterocycles. The van der Waals surface area contributed by atoms with E-state index in [0.29, 0.717) is 19.1 Å². The third-order valence-electron chi connectivity index (χ3n) is 3.18. The SMILES string of the molecule is CC(C)C(C#N)C1(c2ccc(Cl)s2)COC1. The van der Waals surface area contributed by atoms with E-state index in [0.717, 1.165) is 4.34 Å². The van der Waals surface area contributed by atoms with Crippen LogP contribution in [0.15, 0.2) is 12.1 Å². The van der Waals surface area contributed by atoms with Crippen molar-refractivity contribution in [2.24, 2.45) is 11.8 Å². The molecule has 0 saturated carbocycles. The molecule has 1 aliphatic heterocycles. The van der Waals surface area contributed by atoms with E-state index in [9.17, 15) is 5.26 Å². The zero-order valence-corrected chi connectivity index (χ0v) is 10.9. The predicted molar refractivity (Wildman–Crippen MR) is 65.8 cm³/mol. The smallest absolute Gasteiger partial charge is 0.0931 e. The van der Waals surface area contributed by atoms with Gasteiger partial charge in [0.2, 0.25) is 0 Å². The topological polar surface area (TPSA) is 33.0 Å². The molecule has 2 heterocycles. The standard InChI is InChI=1S/C12H14ClNOS/c1-8(2)9(5-14)12(6-15-7-12)10-3-4-11(13)16-10/h3-4,8-9H,6-7H2,1-2H3. The van der Waals surface area contributed by atoms with E-state index in [1.54, 1.807) is 11.3 Å². The molecule has 0 bridgehead atoms. The second kappa shape index (κ2) is 4.37. The number of hydrogen-bond acceptors (Lipinski definition) is 3. The maximum absolute atomic E-state index is 9.33. The van der Waals surface area contributed by atoms with Crippen molar-refractivity contribution in [3.05, 3.63) is 21.3 Å². The van der Waals surface area contributed by atoms with Crippen molar-refractivity contribution >= 4 is 22.9 Å². The van der Waals surface area contributed by atoms with Gasteiger partial charge in [-0.25, -0.2) is 0 Å². The fraction of sp³-hybridized carbons (Fsp3) is 0.583. The van der Waals surface area contributed by atoms with Crippen molar-refractivity contribution in [3.63, 3.8) is 0 Å². The first-order chi connectivity index (χ1) is 7.60. The summed E-state index contributed by atoms with van der Waals surface area (Å²) in [6, 6.07) is 6.36. The Morgan fingerprint density at radius 1 is 1.50 bits per heavy atom. The van der Waals surface area contributed by atoms with Gasteiger partial charge in [-0.1, -0.05) is 25.4 Å². The first kappa shape index (κ1) is 11.9. The van der Waals surface area contributed by atoms with Crippen molar-refractivity contribution in [1.82, 2.24) is 0 Å². The van der Waals surface area contributed by atoms with E-state index >= 15 is 0 Å². The summed E-state index contributed by atoms with van der Waals surface area (Å²) in [5, 5.41) is 9.33. The van der Waals surface area contributed by atoms with Crippen LogP contribution in [0, 0.1) is 23.2 Å². The highest BCUT2D eigenvalue weighted by molar-refractivity contribution is 7.16. The average molecular weight is 256 g/mol. The van der Waals surface area contributed by atoms with Gasteiger partial charge in [-0.05, 0) is 18.1 Å². The highest BCUT2D eigenvalue weighted by atomic mass is 35.5. The van der Waals surface area contributed by atoms with Crippen molar-refractivity contribution in [2.75, 3.05) is 13.2 Å². The van der Waals surface area contributed by atoms with Crippen LogP contribution in [0.3, 0.4) is 0 Å². The maximum atomic E-state index is 9.33. The molecule has 1 aliphatic rings. The van der Waals surface area contributed by atoms with Crippen LogP contribution in [0.1, 0.15) is 18.7 Å². The molecule has 2 rings (SSSR count). The molecule has 1 aromatic rings. The molecule has 1 atom stereocenters. The number of nitrogens with zero attached hydrogens (tertiary/aromatic N) is 1. The molecule has 1 unspecified atom stereocenters. The quantitative estimate of drug-likeness (QED) is 0.829. The zero-order valence-electron chi connectivity index (χ0n) is 9.37. The lowest BCUT2D eigenvalue weighted by molar-refractivity contribution is -0.0857. The molecular weight excluding hydrogens is 242 g/mol. The minimum absolute atomic E-state index is 0.00373. The minimum Gasteiger partial charge on any atom is -0.379 e. The second-order valence-corrected chi connectivity index (χ2v) is 6.32. The van der Waals surface area contributed by atoms with Crippen LogP contribution < -0.4 is 0 Å². The Kier molecular flexibility index (Phi) is 3.25. The van der Waals surface area contributed by atoms with Crippen LogP contribution in [0.2, 0.25) is 4.34 Å². The Balaban J connectivity index is 2.36. The number of hydrogen-bond donors (Lipinski definition) is 0. The molecule has 86 valence electrons. The van der Waals surface area contributed by atoms with E-state index in [4.69, 9.17) is 16.3 Å². The van der Waals surface area contributed by atoms with Gasteiger partial charge in [0.25, 0.3) is 0 Å². The fourth-order valence-corrected chi connectivity index (χ4v) is 3.53. The van der Waals surface area contributed by atoms with Crippen LogP contribution in [-0.2, 0) is 10.2 Å². The number of thiophene rings is 1. The fourth-order valence-electron chi connectivity index (χ4n) is 2.29. The Bertz CT molecular complexity index is 417. The van der Waals surface area contributed by atoms with Gasteiger partial charge in [0, 0.05) is 4.88 Å². The van der Waals surface area contributed by atoms with E-state index in [2.05, 4.69) is 19.9 Å². The van der Waals surface area contributed by atoms with E-state index < -0.39 is 0 Å². The molecule has 1 aromatic heterocycles. The van der Waals surface area contributed by atoms with Gasteiger partial charge < -0.3 is 4.74 Å². The van der Waals surface area contributed by atoms with Crippen LogP contribution >= 0.6 is 22.9 Å². The molecule has 1 fully saturated rings. The van der Waals surface area contributed by atoms with Gasteiger partial charge in [-0.15, -0.1) is 11.3 Å². The summed E-state index contributed by atoms with van der Waals surface area (Å²) in [5.41, 5.74) is -0.124. The third kappa shape index (κ3) is 1.75. The lowest BCUT2D eigenvalue weighted by Crippen LogP contribution is -2.53. The maximum Gasteiger partial charge on any atom is 0.0931 e. The van der Waals surface area contributed by atoms with Crippen LogP contribution in [0.4, 0.5) is 0 Å². The summed E-state index contributed by atoms with van der Waals surface area (Å²) in [7, 11) is 0. The van der Waals surface area contributed by atoms with E-state index in [1.807, 2.05) is 12.1 Å². The monoisotopic (exact) mass is 255 g/mol. The summed E-state index contributed by atoms with van der Waals surface area (Å²) in [5.74, 6) is 0.325. The number of rotatable bonds is 3. The number of ether oxygens (including phenoxy) is 1. The number of nitriles is 1. The van der Waals surface area contributed by atoms with E-state index in [-0.39, 0.29) is 11.3 Å². The Hall–Kier alpha value is -0.560. The van der Waals surface area contributed by atoms with Crippen molar-refractivity contribution in [1.29, 1.82) is 5.26 Å². The van der Waals surface area contributed by atoms with Gasteiger partial charge in [0.05, 0.1) is 35.0 Å². The Morgan fingerprint density at radius 3 is 2.50 bits per heavy atom. The summed E-state index contributed by atoms with van der Waals surface area (Å²) >= 11 is 7.54. The summed E-state index contributed by atoms with van der Waals surface area (Å²) in [6.07, 6.45) is 0. The minimum atomic E-state index is -0.124. The normalized spacial score (nSPS) is 20.2. The Morgan fingerprint density at radius 2 is 2.19 bits per heavy atom. The second-order valence-electron chi connectivity index (χ2n) is 4.60. The largest absolute Gasteiger partial charge is 0.379 e. The molecule has 0 N–H and O–H groups in total. The third-order valence-corrected chi connectivity index (χ3v) is 4.64. The Labute approximate surface area is 105 Å². The van der Waals surface area contributed by atoms with Crippen LogP contribution in [0.5, 0.6) is 0 Å². The first-order valence-corrected chi connectivity index (χ1v) is 6.53. The lowest BCUT2D eigenvalue weighted by Gasteiger charge is -2.45. The van der Waals surface area contributed by atoms with Gasteiger partial charge in [-0.2, -0.15) is 5.26 Å². The predicted octanol–water partition coefficient (Wildman–Crippen LogP) is 3.47. The molecule has 2 nitrogen and oxygen atoms in total. The van der Waals surface area contributed by atoms with Crippen molar-refractivity contribution < 1.29 is 4.74 Å². The van der Waals surface area contributed by atoms with Crippen LogP contribution in [-0.4, -0.2) is 13.2 Å². The summed E-state index contributed by atoms with van der Waals surface area (Å²) in [4.78, 5) is 1.18. The average Bonchev–Trinajstić information content (AvgIpc) is 2.57. The highest BCUT2D eigenvalue weighted by Gasteiger charge is 2.49. The van der Waals surface area contributed by atoms with Gasteiger partial charge in [0.15, 0.2) is 0 Å². The molecular formula is C12H14ClNOS. The lowest BCUT2D eigenvalue weighted by atomic mass is 9.68. The zero-order chi connectivity index (χ0) is 11.8. The van der Waals surface area contributed by atoms with Crippen molar-refractivity contribution in [3.8, 4) is 6.07 Å². The molecule has 0 aliphatic carbocycles. The molecule has 16 heavy (non-hydrogen) atoms. The van der Waals surface area contributed by atoms with Gasteiger partial charge in [-0.3, -0.25) is 0 Å². The van der Waals surface area contributed by atoms with Gasteiger partial charge in [0.1, 0.15) is 0 Å². The van der Waals surface area contributed by atoms with Crippen LogP contribution in [0.25, 0.3) is 0 Å². The first-order valence-electron chi connectivity index (χ1n) is 5.33. The van der Waals surface area contributed by atoms with Crippen molar-refractivity contribution in [2.45, 2.75) is 19.3 Å². The molecule has 0 radical (unpaired) electrons.